The summed E-state index contributed by atoms with van der Waals surface area (Å²) in [6.07, 6.45) is 9.86. The van der Waals surface area contributed by atoms with Gasteiger partial charge in [0, 0.05) is 19.5 Å². The standard InChI is InChI=1S/C20H30ClN3O/c1-13-19(21)14(2)24(23-13)5-3-4-22-18(25)12-20-9-15-6-16(10-20)8-17(7-15)11-20/h15-17H,3-12H2,1-2H3,(H,22,25). The molecule has 25 heavy (non-hydrogen) atoms. The minimum atomic E-state index is 0.258. The van der Waals surface area contributed by atoms with Crippen molar-refractivity contribution < 1.29 is 4.79 Å². The predicted octanol–water partition coefficient (Wildman–Crippen LogP) is 4.27. The van der Waals surface area contributed by atoms with Gasteiger partial charge in [-0.3, -0.25) is 9.48 Å². The molecule has 5 heteroatoms. The number of nitrogens with one attached hydrogen (secondary N) is 1. The molecule has 1 amide bonds. The van der Waals surface area contributed by atoms with Gasteiger partial charge >= 0.3 is 0 Å². The molecule has 0 spiro atoms. The Balaban J connectivity index is 1.24. The smallest absolute Gasteiger partial charge is 0.220 e. The van der Waals surface area contributed by atoms with Crippen LogP contribution in [0, 0.1) is 37.0 Å². The zero-order chi connectivity index (χ0) is 17.6. The van der Waals surface area contributed by atoms with Crippen LogP contribution in [0.2, 0.25) is 5.02 Å². The third kappa shape index (κ3) is 3.47. The van der Waals surface area contributed by atoms with Crippen molar-refractivity contribution in [1.29, 1.82) is 0 Å². The van der Waals surface area contributed by atoms with Gasteiger partial charge in [-0.2, -0.15) is 5.10 Å². The molecule has 4 fully saturated rings. The number of aryl methyl sites for hydroxylation is 2. The highest BCUT2D eigenvalue weighted by molar-refractivity contribution is 6.31. The van der Waals surface area contributed by atoms with Gasteiger partial charge in [-0.15, -0.1) is 0 Å². The fraction of sp³-hybridized carbons (Fsp3) is 0.800. The molecule has 0 unspecified atom stereocenters. The lowest BCUT2D eigenvalue weighted by Gasteiger charge is -2.56. The molecule has 4 saturated carbocycles. The van der Waals surface area contributed by atoms with Gasteiger partial charge in [0.25, 0.3) is 0 Å². The fourth-order valence-corrected chi connectivity index (χ4v) is 6.39. The van der Waals surface area contributed by atoms with Crippen molar-refractivity contribution in [3.05, 3.63) is 16.4 Å². The molecule has 0 saturated heterocycles. The van der Waals surface area contributed by atoms with Crippen LogP contribution >= 0.6 is 11.6 Å². The van der Waals surface area contributed by atoms with Crippen molar-refractivity contribution in [2.45, 2.75) is 71.8 Å². The highest BCUT2D eigenvalue weighted by Gasteiger charge is 2.51. The molecule has 4 bridgehead atoms. The lowest BCUT2D eigenvalue weighted by molar-refractivity contribution is -0.129. The average molecular weight is 364 g/mol. The molecule has 0 radical (unpaired) electrons. The second-order valence-corrected chi connectivity index (χ2v) is 9.38. The number of hydrogen-bond acceptors (Lipinski definition) is 2. The first-order chi connectivity index (χ1) is 11.9. The Labute approximate surface area is 155 Å². The number of hydrogen-bond donors (Lipinski definition) is 1. The molecule has 4 nitrogen and oxygen atoms in total. The Bertz CT molecular complexity index is 631. The van der Waals surface area contributed by atoms with E-state index in [0.717, 1.165) is 60.1 Å². The number of nitrogens with zero attached hydrogens (tertiary/aromatic N) is 2. The molecule has 4 aliphatic rings. The predicted molar refractivity (Wildman–Crippen MR) is 99.6 cm³/mol. The number of halogens is 1. The lowest BCUT2D eigenvalue weighted by atomic mass is 9.49. The Kier molecular flexibility index (Phi) is 4.59. The van der Waals surface area contributed by atoms with Crippen molar-refractivity contribution in [2.75, 3.05) is 6.54 Å². The third-order valence-corrected chi connectivity index (χ3v) is 7.41. The van der Waals surface area contributed by atoms with E-state index in [1.165, 1.54) is 38.5 Å². The molecule has 1 aromatic heterocycles. The SMILES string of the molecule is Cc1nn(CCCNC(=O)CC23CC4CC(CC(C4)C2)C3)c(C)c1Cl. The highest BCUT2D eigenvalue weighted by Crippen LogP contribution is 2.61. The van der Waals surface area contributed by atoms with Crippen LogP contribution in [0.4, 0.5) is 0 Å². The second kappa shape index (κ2) is 6.61. The minimum Gasteiger partial charge on any atom is -0.356 e. The molecule has 5 rings (SSSR count). The largest absolute Gasteiger partial charge is 0.356 e. The summed E-state index contributed by atoms with van der Waals surface area (Å²) in [5.74, 6) is 2.99. The molecule has 0 aliphatic heterocycles. The number of aromatic nitrogens is 2. The normalized spacial score (nSPS) is 33.0. The van der Waals surface area contributed by atoms with Crippen LogP contribution in [0.5, 0.6) is 0 Å². The van der Waals surface area contributed by atoms with Crippen molar-refractivity contribution in [3.8, 4) is 0 Å². The zero-order valence-corrected chi connectivity index (χ0v) is 16.2. The summed E-state index contributed by atoms with van der Waals surface area (Å²) >= 11 is 6.18. The van der Waals surface area contributed by atoms with Crippen LogP contribution in [0.3, 0.4) is 0 Å². The first kappa shape index (κ1) is 17.4. The summed E-state index contributed by atoms with van der Waals surface area (Å²) in [6.45, 7) is 5.45. The van der Waals surface area contributed by atoms with E-state index in [4.69, 9.17) is 11.6 Å². The average Bonchev–Trinajstić information content (AvgIpc) is 2.77. The van der Waals surface area contributed by atoms with E-state index in [9.17, 15) is 4.79 Å². The monoisotopic (exact) mass is 363 g/mol. The molecule has 0 aromatic carbocycles. The molecular weight excluding hydrogens is 334 g/mol. The summed E-state index contributed by atoms with van der Waals surface area (Å²) < 4.78 is 1.95. The van der Waals surface area contributed by atoms with Crippen LogP contribution in [0.25, 0.3) is 0 Å². The van der Waals surface area contributed by atoms with Gasteiger partial charge < -0.3 is 5.32 Å². The fourth-order valence-electron chi connectivity index (χ4n) is 6.26. The molecule has 0 atom stereocenters. The first-order valence-electron chi connectivity index (χ1n) is 9.90. The number of rotatable bonds is 6. The van der Waals surface area contributed by atoms with E-state index in [2.05, 4.69) is 10.4 Å². The molecular formula is C20H30ClN3O. The molecule has 4 aliphatic carbocycles. The summed E-state index contributed by atoms with van der Waals surface area (Å²) in [4.78, 5) is 12.5. The maximum Gasteiger partial charge on any atom is 0.220 e. The molecule has 1 aromatic rings. The quantitative estimate of drug-likeness (QED) is 0.767. The minimum absolute atomic E-state index is 0.258. The maximum absolute atomic E-state index is 12.5. The van der Waals surface area contributed by atoms with Gasteiger partial charge in [0.2, 0.25) is 5.91 Å². The maximum atomic E-state index is 12.5. The Morgan fingerprint density at radius 1 is 1.20 bits per heavy atom. The van der Waals surface area contributed by atoms with Gasteiger partial charge in [-0.1, -0.05) is 11.6 Å². The third-order valence-electron chi connectivity index (χ3n) is 6.86. The van der Waals surface area contributed by atoms with Crippen LogP contribution in [0.15, 0.2) is 0 Å². The highest BCUT2D eigenvalue weighted by atomic mass is 35.5. The summed E-state index contributed by atoms with van der Waals surface area (Å²) in [5.41, 5.74) is 2.23. The Morgan fingerprint density at radius 2 is 1.80 bits per heavy atom. The van der Waals surface area contributed by atoms with Gasteiger partial charge in [-0.05, 0) is 82.0 Å². The van der Waals surface area contributed by atoms with Crippen LogP contribution in [0.1, 0.15) is 62.8 Å². The Morgan fingerprint density at radius 3 is 2.32 bits per heavy atom. The van der Waals surface area contributed by atoms with Crippen LogP contribution in [-0.4, -0.2) is 22.2 Å². The number of carbonyl (C=O) groups is 1. The second-order valence-electron chi connectivity index (χ2n) is 9.01. The van der Waals surface area contributed by atoms with E-state index < -0.39 is 0 Å². The van der Waals surface area contributed by atoms with E-state index >= 15 is 0 Å². The summed E-state index contributed by atoms with van der Waals surface area (Å²) in [5, 5.41) is 8.36. The summed E-state index contributed by atoms with van der Waals surface area (Å²) in [7, 11) is 0. The van der Waals surface area contributed by atoms with E-state index in [0.29, 0.717) is 5.41 Å². The molecule has 1 heterocycles. The molecule has 1 N–H and O–H groups in total. The van der Waals surface area contributed by atoms with Crippen LogP contribution < -0.4 is 5.32 Å². The molecule has 138 valence electrons. The van der Waals surface area contributed by atoms with E-state index in [-0.39, 0.29) is 5.91 Å². The van der Waals surface area contributed by atoms with Gasteiger partial charge in [0.1, 0.15) is 0 Å². The van der Waals surface area contributed by atoms with E-state index in [1.807, 2.05) is 18.5 Å². The van der Waals surface area contributed by atoms with E-state index in [1.54, 1.807) is 0 Å². The Hall–Kier alpha value is -1.03. The van der Waals surface area contributed by atoms with Crippen LogP contribution in [-0.2, 0) is 11.3 Å². The van der Waals surface area contributed by atoms with Gasteiger partial charge in [0.05, 0.1) is 16.4 Å². The van der Waals surface area contributed by atoms with Crippen molar-refractivity contribution >= 4 is 17.5 Å². The van der Waals surface area contributed by atoms with Crippen molar-refractivity contribution in [1.82, 2.24) is 15.1 Å². The van der Waals surface area contributed by atoms with Crippen molar-refractivity contribution in [3.63, 3.8) is 0 Å². The zero-order valence-electron chi connectivity index (χ0n) is 15.5. The first-order valence-corrected chi connectivity index (χ1v) is 10.3. The lowest BCUT2D eigenvalue weighted by Crippen LogP contribution is -2.48. The van der Waals surface area contributed by atoms with Crippen molar-refractivity contribution in [2.24, 2.45) is 23.2 Å². The summed E-state index contributed by atoms with van der Waals surface area (Å²) in [6, 6.07) is 0. The van der Waals surface area contributed by atoms with Gasteiger partial charge in [0.15, 0.2) is 0 Å². The number of amides is 1. The van der Waals surface area contributed by atoms with Gasteiger partial charge in [-0.25, -0.2) is 0 Å². The topological polar surface area (TPSA) is 46.9 Å². The number of carbonyl (C=O) groups excluding carboxylic acids is 1.